The first-order chi connectivity index (χ1) is 17.5. The van der Waals surface area contributed by atoms with E-state index < -0.39 is 5.97 Å². The molecule has 1 heterocycles. The number of aliphatic hydroxyl groups excluding tert-OH is 1. The number of benzene rings is 3. The Bertz CT molecular complexity index is 1330. The van der Waals surface area contributed by atoms with Crippen LogP contribution in [0.3, 0.4) is 0 Å². The van der Waals surface area contributed by atoms with E-state index in [0.29, 0.717) is 27.1 Å². The van der Waals surface area contributed by atoms with Crippen LogP contribution >= 0.6 is 11.8 Å². The van der Waals surface area contributed by atoms with Crippen molar-refractivity contribution < 1.29 is 28.5 Å². The van der Waals surface area contributed by atoms with Crippen molar-refractivity contribution in [3.63, 3.8) is 0 Å². The summed E-state index contributed by atoms with van der Waals surface area (Å²) >= 11 is 1.18. The van der Waals surface area contributed by atoms with Crippen LogP contribution in [0.4, 0.5) is 10.1 Å². The molecule has 6 nitrogen and oxygen atoms in total. The molecule has 36 heavy (non-hydrogen) atoms. The van der Waals surface area contributed by atoms with Crippen LogP contribution in [0.2, 0.25) is 0 Å². The van der Waals surface area contributed by atoms with Gasteiger partial charge in [-0.25, -0.2) is 14.2 Å². The fraction of sp³-hybridized carbons (Fsp3) is 0.143. The summed E-state index contributed by atoms with van der Waals surface area (Å²) in [4.78, 5) is 17.6. The number of ether oxygens (including phenoxy) is 3. The van der Waals surface area contributed by atoms with Crippen molar-refractivity contribution in [1.29, 1.82) is 0 Å². The van der Waals surface area contributed by atoms with E-state index in [1.54, 1.807) is 43.3 Å². The predicted molar refractivity (Wildman–Crippen MR) is 139 cm³/mol. The van der Waals surface area contributed by atoms with E-state index >= 15 is 0 Å². The third-order valence-corrected chi connectivity index (χ3v) is 6.17. The van der Waals surface area contributed by atoms with Crippen molar-refractivity contribution in [3.8, 4) is 11.5 Å². The Morgan fingerprint density at radius 2 is 1.81 bits per heavy atom. The molecule has 0 bridgehead atoms. The van der Waals surface area contributed by atoms with E-state index in [1.165, 1.54) is 31.0 Å². The lowest BCUT2D eigenvalue weighted by Gasteiger charge is -2.12. The number of methoxy groups -OCH3 is 1. The predicted octanol–water partition coefficient (Wildman–Crippen LogP) is 6.61. The Morgan fingerprint density at radius 3 is 2.50 bits per heavy atom. The van der Waals surface area contributed by atoms with Gasteiger partial charge < -0.3 is 19.3 Å². The second-order valence-electron chi connectivity index (χ2n) is 7.63. The second-order valence-corrected chi connectivity index (χ2v) is 8.66. The number of carbonyl (C=O) groups excluding carboxylic acids is 1. The molecule has 1 N–H and O–H groups in total. The molecule has 0 amide bonds. The topological polar surface area (TPSA) is 77.4 Å². The monoisotopic (exact) mass is 505 g/mol. The number of carbonyl (C=O) groups is 1. The summed E-state index contributed by atoms with van der Waals surface area (Å²) in [6.07, 6.45) is 1.74. The summed E-state index contributed by atoms with van der Waals surface area (Å²) in [5.41, 5.74) is 2.22. The number of halogens is 1. The fourth-order valence-electron chi connectivity index (χ4n) is 3.40. The molecular weight excluding hydrogens is 481 g/mol. The van der Waals surface area contributed by atoms with Crippen LogP contribution in [0, 0.1) is 5.82 Å². The number of aliphatic hydroxyl groups is 1. The maximum absolute atomic E-state index is 13.1. The highest BCUT2D eigenvalue weighted by molar-refractivity contribution is 8.18. The second kappa shape index (κ2) is 11.6. The molecule has 1 aliphatic rings. The van der Waals surface area contributed by atoms with Gasteiger partial charge in [0.2, 0.25) is 0 Å². The lowest BCUT2D eigenvalue weighted by atomic mass is 10.1. The van der Waals surface area contributed by atoms with Crippen molar-refractivity contribution in [3.05, 3.63) is 106 Å². The first-order valence-corrected chi connectivity index (χ1v) is 12.0. The van der Waals surface area contributed by atoms with E-state index in [2.05, 4.69) is 4.99 Å². The van der Waals surface area contributed by atoms with Crippen molar-refractivity contribution in [2.75, 3.05) is 13.7 Å². The van der Waals surface area contributed by atoms with Gasteiger partial charge in [-0.3, -0.25) is 0 Å². The van der Waals surface area contributed by atoms with Gasteiger partial charge in [-0.2, -0.15) is 0 Å². The van der Waals surface area contributed by atoms with Gasteiger partial charge in [-0.1, -0.05) is 48.2 Å². The van der Waals surface area contributed by atoms with Crippen molar-refractivity contribution >= 4 is 34.5 Å². The summed E-state index contributed by atoms with van der Waals surface area (Å²) in [5, 5.41) is 11.2. The van der Waals surface area contributed by atoms with E-state index in [0.717, 1.165) is 11.1 Å². The van der Waals surface area contributed by atoms with E-state index in [4.69, 9.17) is 14.2 Å². The Kier molecular flexibility index (Phi) is 8.07. The van der Waals surface area contributed by atoms with Crippen LogP contribution in [0.25, 0.3) is 6.08 Å². The molecule has 0 spiro atoms. The zero-order chi connectivity index (χ0) is 25.5. The molecule has 0 aliphatic carbocycles. The standard InChI is InChI=1S/C28H24FNO5S/c1-3-34-28(32)25-26(31)24(36-27(25)30-21-7-5-4-6-8-21)16-19-11-14-22(23(15-19)33-2)35-17-18-9-12-20(29)13-10-18/h4-16,31H,3,17H2,1-2H3/b24-16-,30-27?. The molecule has 0 radical (unpaired) electrons. The Morgan fingerprint density at radius 1 is 1.06 bits per heavy atom. The third-order valence-electron chi connectivity index (χ3n) is 5.15. The number of nitrogens with zero attached hydrogens (tertiary/aromatic N) is 1. The van der Waals surface area contributed by atoms with Crippen molar-refractivity contribution in [2.45, 2.75) is 13.5 Å². The number of esters is 1. The van der Waals surface area contributed by atoms with Gasteiger partial charge in [-0.15, -0.1) is 0 Å². The van der Waals surface area contributed by atoms with E-state index in [-0.39, 0.29) is 30.4 Å². The zero-order valence-corrected chi connectivity index (χ0v) is 20.5. The number of thioether (sulfide) groups is 1. The summed E-state index contributed by atoms with van der Waals surface area (Å²) in [5.74, 6) is -0.131. The van der Waals surface area contributed by atoms with Gasteiger partial charge in [0, 0.05) is 0 Å². The maximum atomic E-state index is 13.1. The van der Waals surface area contributed by atoms with E-state index in [9.17, 15) is 14.3 Å². The van der Waals surface area contributed by atoms with Gasteiger partial charge in [0.1, 0.15) is 28.8 Å². The molecule has 0 unspecified atom stereocenters. The van der Waals surface area contributed by atoms with Gasteiger partial charge in [-0.05, 0) is 60.5 Å². The Labute approximate surface area is 212 Å². The molecule has 0 fully saturated rings. The maximum Gasteiger partial charge on any atom is 0.344 e. The van der Waals surface area contributed by atoms with Crippen LogP contribution in [-0.2, 0) is 16.1 Å². The largest absolute Gasteiger partial charge is 0.506 e. The minimum Gasteiger partial charge on any atom is -0.506 e. The van der Waals surface area contributed by atoms with Gasteiger partial charge in [0.15, 0.2) is 11.5 Å². The molecule has 0 saturated carbocycles. The Hall–Kier alpha value is -4.04. The molecular formula is C28H24FNO5S. The minimum atomic E-state index is -0.636. The highest BCUT2D eigenvalue weighted by Crippen LogP contribution is 2.41. The number of para-hydroxylation sites is 1. The molecule has 4 rings (SSSR count). The average Bonchev–Trinajstić information content (AvgIpc) is 3.19. The Balaban J connectivity index is 1.61. The summed E-state index contributed by atoms with van der Waals surface area (Å²) < 4.78 is 29.6. The summed E-state index contributed by atoms with van der Waals surface area (Å²) in [7, 11) is 1.53. The van der Waals surface area contributed by atoms with Gasteiger partial charge >= 0.3 is 5.97 Å². The summed E-state index contributed by atoms with van der Waals surface area (Å²) in [6, 6.07) is 20.6. The van der Waals surface area contributed by atoms with Crippen LogP contribution in [-0.4, -0.2) is 29.8 Å². The fourth-order valence-corrected chi connectivity index (χ4v) is 4.43. The number of hydrogen-bond donors (Lipinski definition) is 1. The summed E-state index contributed by atoms with van der Waals surface area (Å²) in [6.45, 7) is 2.13. The SMILES string of the molecule is CCOC(=O)C1=C(O)/C(=C/c2ccc(OCc3ccc(F)cc3)c(OC)c2)SC1=Nc1ccccc1. The van der Waals surface area contributed by atoms with Crippen molar-refractivity contribution in [1.82, 2.24) is 0 Å². The average molecular weight is 506 g/mol. The van der Waals surface area contributed by atoms with Gasteiger partial charge in [0.05, 0.1) is 24.3 Å². The molecule has 3 aromatic carbocycles. The lowest BCUT2D eigenvalue weighted by molar-refractivity contribution is -0.138. The molecule has 0 atom stereocenters. The zero-order valence-electron chi connectivity index (χ0n) is 19.7. The molecule has 0 aromatic heterocycles. The first-order valence-electron chi connectivity index (χ1n) is 11.2. The lowest BCUT2D eigenvalue weighted by Crippen LogP contribution is -2.12. The highest BCUT2D eigenvalue weighted by atomic mass is 32.2. The van der Waals surface area contributed by atoms with Crippen LogP contribution in [0.5, 0.6) is 11.5 Å². The third kappa shape index (κ3) is 5.95. The molecule has 1 aliphatic heterocycles. The van der Waals surface area contributed by atoms with Gasteiger partial charge in [0.25, 0.3) is 0 Å². The number of hydrogen-bond acceptors (Lipinski definition) is 7. The minimum absolute atomic E-state index is 0.0307. The molecule has 0 saturated heterocycles. The molecule has 184 valence electrons. The number of rotatable bonds is 8. The normalized spacial score (nSPS) is 15.4. The quantitative estimate of drug-likeness (QED) is 0.347. The van der Waals surface area contributed by atoms with Crippen LogP contribution in [0.15, 0.2) is 94.0 Å². The highest BCUT2D eigenvalue weighted by Gasteiger charge is 2.33. The van der Waals surface area contributed by atoms with E-state index in [1.807, 2.05) is 30.3 Å². The van der Waals surface area contributed by atoms with Crippen molar-refractivity contribution in [2.24, 2.45) is 4.99 Å². The van der Waals surface area contributed by atoms with Crippen LogP contribution < -0.4 is 9.47 Å². The first kappa shape index (κ1) is 25.1. The smallest absolute Gasteiger partial charge is 0.344 e. The molecule has 3 aromatic rings. The number of aliphatic imine (C=N–C) groups is 1. The van der Waals surface area contributed by atoms with Crippen LogP contribution in [0.1, 0.15) is 18.1 Å². The molecule has 8 heteroatoms.